The van der Waals surface area contributed by atoms with E-state index in [-0.39, 0.29) is 11.5 Å². The number of thioether (sulfide) groups is 1. The van der Waals surface area contributed by atoms with E-state index in [0.29, 0.717) is 37.9 Å². The Morgan fingerprint density at radius 3 is 2.62 bits per heavy atom. The van der Waals surface area contributed by atoms with Gasteiger partial charge in [0.15, 0.2) is 0 Å². The van der Waals surface area contributed by atoms with E-state index in [2.05, 4.69) is 13.8 Å². The first kappa shape index (κ1) is 24.7. The topological polar surface area (TPSA) is 54.7 Å². The monoisotopic (exact) mass is 509 g/mol. The third-order valence-corrected chi connectivity index (χ3v) is 8.22. The molecule has 176 valence electrons. The van der Waals surface area contributed by atoms with Crippen molar-refractivity contribution in [2.24, 2.45) is 5.92 Å². The van der Waals surface area contributed by atoms with E-state index in [9.17, 15) is 9.59 Å². The van der Waals surface area contributed by atoms with Gasteiger partial charge in [-0.3, -0.25) is 18.9 Å². The molecule has 34 heavy (non-hydrogen) atoms. The van der Waals surface area contributed by atoms with Crippen molar-refractivity contribution in [1.82, 2.24) is 14.3 Å². The highest BCUT2D eigenvalue weighted by atomic mass is 32.2. The molecule has 0 N–H and O–H groups in total. The molecule has 1 aromatic carbocycles. The summed E-state index contributed by atoms with van der Waals surface area (Å²) in [6.07, 6.45) is 7.73. The van der Waals surface area contributed by atoms with Gasteiger partial charge in [0.2, 0.25) is 0 Å². The Balaban J connectivity index is 1.71. The van der Waals surface area contributed by atoms with Crippen molar-refractivity contribution in [2.75, 3.05) is 6.54 Å². The molecule has 1 saturated heterocycles. The van der Waals surface area contributed by atoms with Crippen LogP contribution in [0.5, 0.6) is 0 Å². The fourth-order valence-corrected chi connectivity index (χ4v) is 6.02. The number of carbonyl (C=O) groups excluding carboxylic acids is 1. The number of fused-ring (bicyclic) bond motifs is 1. The molecular weight excluding hydrogens is 483 g/mol. The molecule has 5 nitrogen and oxygen atoms in total. The van der Waals surface area contributed by atoms with Gasteiger partial charge in [-0.05, 0) is 42.7 Å². The number of unbranched alkanes of at least 4 members (excludes halogenated alkanes) is 1. The van der Waals surface area contributed by atoms with E-state index >= 15 is 0 Å². The summed E-state index contributed by atoms with van der Waals surface area (Å²) in [4.78, 5) is 34.6. The molecule has 4 rings (SSSR count). The quantitative estimate of drug-likeness (QED) is 0.193. The van der Waals surface area contributed by atoms with Crippen molar-refractivity contribution in [3.05, 3.63) is 75.6 Å². The summed E-state index contributed by atoms with van der Waals surface area (Å²) in [7, 11) is 0. The zero-order valence-electron chi connectivity index (χ0n) is 19.3. The second-order valence-electron chi connectivity index (χ2n) is 8.19. The van der Waals surface area contributed by atoms with E-state index in [1.54, 1.807) is 29.3 Å². The van der Waals surface area contributed by atoms with Crippen LogP contribution in [0.1, 0.15) is 45.1 Å². The Labute approximate surface area is 213 Å². The van der Waals surface area contributed by atoms with Gasteiger partial charge < -0.3 is 0 Å². The normalized spacial score (nSPS) is 16.1. The summed E-state index contributed by atoms with van der Waals surface area (Å²) in [6.45, 7) is 4.96. The number of thiocarbonyl (C=S) groups is 1. The third kappa shape index (κ3) is 5.45. The predicted molar refractivity (Wildman–Crippen MR) is 145 cm³/mol. The fraction of sp³-hybridized carbons (Fsp3) is 0.308. The molecule has 0 aliphatic carbocycles. The Kier molecular flexibility index (Phi) is 8.24. The van der Waals surface area contributed by atoms with Crippen LogP contribution < -0.4 is 5.56 Å². The van der Waals surface area contributed by atoms with Crippen molar-refractivity contribution in [2.45, 2.75) is 49.5 Å². The highest BCUT2D eigenvalue weighted by molar-refractivity contribution is 8.26. The summed E-state index contributed by atoms with van der Waals surface area (Å²) in [5.41, 5.74) is 0.761. The third-order valence-electron chi connectivity index (χ3n) is 5.82. The van der Waals surface area contributed by atoms with Crippen LogP contribution in [-0.4, -0.2) is 31.1 Å². The molecule has 1 fully saturated rings. The van der Waals surface area contributed by atoms with Crippen molar-refractivity contribution < 1.29 is 4.79 Å². The Morgan fingerprint density at radius 2 is 1.88 bits per heavy atom. The van der Waals surface area contributed by atoms with Crippen LogP contribution in [0.15, 0.2) is 74.3 Å². The van der Waals surface area contributed by atoms with Crippen LogP contribution in [0, 0.1) is 5.92 Å². The lowest BCUT2D eigenvalue weighted by atomic mass is 9.99. The molecule has 3 aromatic rings. The van der Waals surface area contributed by atoms with E-state index in [1.807, 2.05) is 36.4 Å². The predicted octanol–water partition coefficient (Wildman–Crippen LogP) is 6.26. The van der Waals surface area contributed by atoms with Crippen LogP contribution in [0.4, 0.5) is 0 Å². The largest absolute Gasteiger partial charge is 0.293 e. The number of pyridine rings is 1. The molecule has 2 aromatic heterocycles. The molecule has 0 saturated carbocycles. The maximum Gasteiger partial charge on any atom is 0.266 e. The average molecular weight is 510 g/mol. The van der Waals surface area contributed by atoms with Crippen molar-refractivity contribution in [3.8, 4) is 0 Å². The first-order valence-electron chi connectivity index (χ1n) is 11.5. The van der Waals surface area contributed by atoms with Gasteiger partial charge in [-0.15, -0.1) is 0 Å². The fourth-order valence-electron chi connectivity index (χ4n) is 3.85. The first-order valence-corrected chi connectivity index (χ1v) is 13.6. The minimum absolute atomic E-state index is 0.127. The van der Waals surface area contributed by atoms with Crippen molar-refractivity contribution in [3.63, 3.8) is 0 Å². The molecular formula is C26H27N3O2S3. The number of hydrogen-bond acceptors (Lipinski definition) is 6. The Bertz CT molecular complexity index is 1290. The summed E-state index contributed by atoms with van der Waals surface area (Å²) in [5, 5.41) is 0.571. The number of rotatable bonds is 9. The number of nitrogens with zero attached hydrogens (tertiary/aromatic N) is 3. The zero-order chi connectivity index (χ0) is 24.1. The second-order valence-corrected chi connectivity index (χ2v) is 10.9. The highest BCUT2D eigenvalue weighted by Gasteiger charge is 2.33. The van der Waals surface area contributed by atoms with Gasteiger partial charge in [-0.2, -0.15) is 0 Å². The maximum absolute atomic E-state index is 13.4. The first-order chi connectivity index (χ1) is 16.5. The minimum Gasteiger partial charge on any atom is -0.293 e. The van der Waals surface area contributed by atoms with Crippen LogP contribution in [0.25, 0.3) is 11.7 Å². The van der Waals surface area contributed by atoms with Gasteiger partial charge in [0, 0.05) is 17.6 Å². The smallest absolute Gasteiger partial charge is 0.266 e. The summed E-state index contributed by atoms with van der Waals surface area (Å²) in [6, 6.07) is 15.3. The molecule has 8 heteroatoms. The molecule has 1 atom stereocenters. The number of hydrogen-bond donors (Lipinski definition) is 0. The molecule has 0 unspecified atom stereocenters. The Hall–Kier alpha value is -2.42. The molecule has 3 heterocycles. The molecule has 0 bridgehead atoms. The molecule has 1 aliphatic rings. The van der Waals surface area contributed by atoms with Crippen LogP contribution in [0.2, 0.25) is 0 Å². The van der Waals surface area contributed by atoms with Crippen LogP contribution in [-0.2, 0) is 4.79 Å². The summed E-state index contributed by atoms with van der Waals surface area (Å²) < 4.78 is 2.07. The highest BCUT2D eigenvalue weighted by Crippen LogP contribution is 2.36. The number of benzene rings is 1. The second kappa shape index (κ2) is 11.3. The van der Waals surface area contributed by atoms with Gasteiger partial charge in [0.25, 0.3) is 11.5 Å². The van der Waals surface area contributed by atoms with E-state index in [0.717, 1.165) is 30.6 Å². The van der Waals surface area contributed by atoms with Crippen LogP contribution >= 0.6 is 35.7 Å². The maximum atomic E-state index is 13.4. The molecule has 1 aliphatic heterocycles. The van der Waals surface area contributed by atoms with Crippen molar-refractivity contribution >= 4 is 57.7 Å². The van der Waals surface area contributed by atoms with Crippen LogP contribution in [0.3, 0.4) is 0 Å². The lowest BCUT2D eigenvalue weighted by molar-refractivity contribution is -0.122. The Morgan fingerprint density at radius 1 is 1.12 bits per heavy atom. The summed E-state index contributed by atoms with van der Waals surface area (Å²) in [5.74, 6) is 0.289. The van der Waals surface area contributed by atoms with Gasteiger partial charge in [0.05, 0.1) is 10.5 Å². The lowest BCUT2D eigenvalue weighted by Gasteiger charge is -2.21. The SMILES string of the molecule is CCCC[C@H](CC)CN1C(=O)/C(=C/c2c(Sc3ccccc3)nc3ccccn3c2=O)SC1=S. The van der Waals surface area contributed by atoms with E-state index in [1.165, 1.54) is 27.9 Å². The van der Waals surface area contributed by atoms with Gasteiger partial charge in [0.1, 0.15) is 15.0 Å². The van der Waals surface area contributed by atoms with Gasteiger partial charge in [-0.25, -0.2) is 4.98 Å². The molecule has 0 radical (unpaired) electrons. The van der Waals surface area contributed by atoms with E-state index < -0.39 is 0 Å². The standard InChI is InChI=1S/C26H27N3O2S3/c1-3-5-11-18(4-2)17-29-25(31)21(34-26(29)32)16-20-23(33-19-12-7-6-8-13-19)27-22-14-9-10-15-28(22)24(20)30/h6-10,12-16,18H,3-5,11,17H2,1-2H3/b21-16-/t18-/m0/s1. The molecule has 1 amide bonds. The zero-order valence-corrected chi connectivity index (χ0v) is 21.7. The summed E-state index contributed by atoms with van der Waals surface area (Å²) >= 11 is 8.24. The average Bonchev–Trinajstić information content (AvgIpc) is 3.11. The number of amides is 1. The lowest BCUT2D eigenvalue weighted by Crippen LogP contribution is -2.33. The van der Waals surface area contributed by atoms with Gasteiger partial charge >= 0.3 is 0 Å². The number of aromatic nitrogens is 2. The van der Waals surface area contributed by atoms with Crippen molar-refractivity contribution in [1.29, 1.82) is 0 Å². The van der Waals surface area contributed by atoms with Gasteiger partial charge in [-0.1, -0.05) is 93.1 Å². The molecule has 0 spiro atoms. The number of carbonyl (C=O) groups is 1. The van der Waals surface area contributed by atoms with E-state index in [4.69, 9.17) is 17.2 Å². The minimum atomic E-state index is -0.205.